The third kappa shape index (κ3) is 6.31. The van der Waals surface area contributed by atoms with Crippen LogP contribution in [0.15, 0.2) is 0 Å². The van der Waals surface area contributed by atoms with Gasteiger partial charge in [-0.1, -0.05) is 11.9 Å². The Labute approximate surface area is 182 Å². The van der Waals surface area contributed by atoms with Gasteiger partial charge in [0, 0.05) is 69.7 Å². The van der Waals surface area contributed by atoms with E-state index in [-0.39, 0.29) is 0 Å². The Balaban J connectivity index is 1.16. The number of piperidine rings is 2. The fraction of sp³-hybridized carbons (Fsp3) is 1.00. The second-order valence-electron chi connectivity index (χ2n) is 9.48. The van der Waals surface area contributed by atoms with E-state index in [0.717, 1.165) is 63.8 Å². The molecule has 168 valence electrons. The lowest BCUT2D eigenvalue weighted by atomic mass is 10.0. The molecule has 6 nitrogen and oxygen atoms in total. The van der Waals surface area contributed by atoms with Gasteiger partial charge >= 0.3 is 0 Å². The van der Waals surface area contributed by atoms with E-state index in [0.29, 0.717) is 12.1 Å². The molecule has 4 fully saturated rings. The number of morpholine rings is 2. The highest BCUT2D eigenvalue weighted by molar-refractivity contribution is 7.97. The Hall–Kier alpha value is 0.110. The van der Waals surface area contributed by atoms with Crippen molar-refractivity contribution < 1.29 is 9.47 Å². The van der Waals surface area contributed by atoms with Crippen LogP contribution in [-0.2, 0) is 9.47 Å². The molecule has 0 aliphatic carbocycles. The Morgan fingerprint density at radius 3 is 2.34 bits per heavy atom. The monoisotopic (exact) mass is 426 g/mol. The minimum atomic E-state index is 0.389. The highest BCUT2D eigenvalue weighted by Crippen LogP contribution is 2.25. The van der Waals surface area contributed by atoms with Gasteiger partial charge in [0.15, 0.2) is 0 Å². The molecule has 0 N–H and O–H groups in total. The summed E-state index contributed by atoms with van der Waals surface area (Å²) in [6.45, 7) is 16.8. The molecule has 0 aromatic carbocycles. The summed E-state index contributed by atoms with van der Waals surface area (Å²) < 4.78 is 14.3. The van der Waals surface area contributed by atoms with Crippen LogP contribution >= 0.6 is 11.9 Å². The third-order valence-electron chi connectivity index (χ3n) is 7.27. The van der Waals surface area contributed by atoms with Crippen LogP contribution in [0, 0.1) is 0 Å². The molecular formula is C22H42N4O2S. The summed E-state index contributed by atoms with van der Waals surface area (Å²) >= 11 is 2.03. The van der Waals surface area contributed by atoms with Crippen LogP contribution in [0.25, 0.3) is 0 Å². The van der Waals surface area contributed by atoms with Crippen LogP contribution in [0.1, 0.15) is 39.5 Å². The van der Waals surface area contributed by atoms with Gasteiger partial charge in [-0.3, -0.25) is 19.0 Å². The molecule has 4 heterocycles. The van der Waals surface area contributed by atoms with E-state index in [1.54, 1.807) is 0 Å². The van der Waals surface area contributed by atoms with Gasteiger partial charge in [-0.15, -0.1) is 0 Å². The first-order valence-corrected chi connectivity index (χ1v) is 12.9. The maximum absolute atomic E-state index is 6.16. The van der Waals surface area contributed by atoms with E-state index in [1.165, 1.54) is 51.9 Å². The number of nitrogens with zero attached hydrogens (tertiary/aromatic N) is 4. The van der Waals surface area contributed by atoms with Crippen molar-refractivity contribution in [2.75, 3.05) is 77.9 Å². The van der Waals surface area contributed by atoms with Gasteiger partial charge in [-0.25, -0.2) is 0 Å². The number of likely N-dealkylation sites (tertiary alicyclic amines) is 1. The molecular weight excluding hydrogens is 384 g/mol. The zero-order chi connectivity index (χ0) is 20.1. The van der Waals surface area contributed by atoms with E-state index < -0.39 is 0 Å². The first-order chi connectivity index (χ1) is 14.2. The van der Waals surface area contributed by atoms with Crippen molar-refractivity contribution in [1.82, 2.24) is 19.0 Å². The molecule has 4 rings (SSSR count). The lowest BCUT2D eigenvalue weighted by Crippen LogP contribution is -2.55. The number of rotatable bonds is 6. The number of hydrogen-bond acceptors (Lipinski definition) is 7. The predicted octanol–water partition coefficient (Wildman–Crippen LogP) is 2.00. The molecule has 1 unspecified atom stereocenters. The van der Waals surface area contributed by atoms with E-state index in [9.17, 15) is 0 Å². The zero-order valence-corrected chi connectivity index (χ0v) is 19.5. The van der Waals surface area contributed by atoms with Crippen molar-refractivity contribution in [3.05, 3.63) is 0 Å². The molecule has 4 saturated heterocycles. The zero-order valence-electron chi connectivity index (χ0n) is 18.6. The molecule has 4 aliphatic rings. The maximum atomic E-state index is 6.16. The van der Waals surface area contributed by atoms with E-state index >= 15 is 0 Å². The summed E-state index contributed by atoms with van der Waals surface area (Å²) in [5.74, 6) is 1.11. The topological polar surface area (TPSA) is 31.4 Å². The highest BCUT2D eigenvalue weighted by Gasteiger charge is 2.31. The van der Waals surface area contributed by atoms with Gasteiger partial charge in [-0.05, 0) is 46.1 Å². The Morgan fingerprint density at radius 1 is 0.828 bits per heavy atom. The van der Waals surface area contributed by atoms with Gasteiger partial charge < -0.3 is 9.47 Å². The van der Waals surface area contributed by atoms with Crippen LogP contribution in [0.3, 0.4) is 0 Å². The highest BCUT2D eigenvalue weighted by atomic mass is 32.2. The average molecular weight is 427 g/mol. The predicted molar refractivity (Wildman–Crippen MR) is 120 cm³/mol. The Morgan fingerprint density at radius 2 is 1.59 bits per heavy atom. The summed E-state index contributed by atoms with van der Waals surface area (Å²) in [5, 5.41) is 0. The smallest absolute Gasteiger partial charge is 0.0805 e. The van der Waals surface area contributed by atoms with E-state index in [2.05, 4.69) is 32.9 Å². The quantitative estimate of drug-likeness (QED) is 0.601. The largest absolute Gasteiger partial charge is 0.379 e. The molecule has 2 atom stereocenters. The van der Waals surface area contributed by atoms with Gasteiger partial charge in [0.05, 0.1) is 25.9 Å². The molecule has 0 aromatic heterocycles. The SMILES string of the molecule is CC(C)N1CCC[C@H](N2CCOC(CSN3CCC(N4CCOCC4)CC3)C2)C1. The van der Waals surface area contributed by atoms with Crippen LogP contribution in [0.2, 0.25) is 0 Å². The summed E-state index contributed by atoms with van der Waals surface area (Å²) in [6.07, 6.45) is 5.70. The fourth-order valence-electron chi connectivity index (χ4n) is 5.39. The lowest BCUT2D eigenvalue weighted by Gasteiger charge is -2.44. The summed E-state index contributed by atoms with van der Waals surface area (Å²) in [5.41, 5.74) is 0. The summed E-state index contributed by atoms with van der Waals surface area (Å²) in [7, 11) is 0. The Bertz CT molecular complexity index is 483. The summed E-state index contributed by atoms with van der Waals surface area (Å²) in [4.78, 5) is 8.04. The van der Waals surface area contributed by atoms with Crippen molar-refractivity contribution in [1.29, 1.82) is 0 Å². The van der Waals surface area contributed by atoms with Crippen molar-refractivity contribution in [2.24, 2.45) is 0 Å². The van der Waals surface area contributed by atoms with Crippen LogP contribution in [0.5, 0.6) is 0 Å². The molecule has 4 aliphatic heterocycles. The van der Waals surface area contributed by atoms with Crippen molar-refractivity contribution in [3.63, 3.8) is 0 Å². The molecule has 29 heavy (non-hydrogen) atoms. The lowest BCUT2D eigenvalue weighted by molar-refractivity contribution is -0.0457. The molecule has 0 spiro atoms. The molecule has 7 heteroatoms. The molecule has 0 amide bonds. The van der Waals surface area contributed by atoms with Gasteiger partial charge in [0.2, 0.25) is 0 Å². The standard InChI is InChI=1S/C22H42N4O2S/c1-19(2)24-7-3-4-21(16-24)25-12-15-28-22(17-25)18-29-26-8-5-20(6-9-26)23-10-13-27-14-11-23/h19-22H,3-18H2,1-2H3/t21-,22?/m0/s1. The third-order valence-corrected chi connectivity index (χ3v) is 8.52. The normalized spacial score (nSPS) is 32.8. The first-order valence-electron chi connectivity index (χ1n) is 12.0. The minimum Gasteiger partial charge on any atom is -0.379 e. The average Bonchev–Trinajstić information content (AvgIpc) is 2.79. The summed E-state index contributed by atoms with van der Waals surface area (Å²) in [6, 6.07) is 2.17. The molecule has 0 aromatic rings. The van der Waals surface area contributed by atoms with Gasteiger partial charge in [-0.2, -0.15) is 0 Å². The van der Waals surface area contributed by atoms with Crippen molar-refractivity contribution in [3.8, 4) is 0 Å². The second-order valence-corrected chi connectivity index (χ2v) is 10.6. The second kappa shape index (κ2) is 11.1. The molecule has 0 radical (unpaired) electrons. The van der Waals surface area contributed by atoms with Crippen LogP contribution in [-0.4, -0.2) is 121 Å². The van der Waals surface area contributed by atoms with Gasteiger partial charge in [0.25, 0.3) is 0 Å². The molecule has 0 bridgehead atoms. The van der Waals surface area contributed by atoms with Gasteiger partial charge in [0.1, 0.15) is 0 Å². The fourth-order valence-corrected chi connectivity index (χ4v) is 6.44. The van der Waals surface area contributed by atoms with Crippen LogP contribution < -0.4 is 0 Å². The molecule has 0 saturated carbocycles. The van der Waals surface area contributed by atoms with E-state index in [1.807, 2.05) is 11.9 Å². The van der Waals surface area contributed by atoms with Crippen LogP contribution in [0.4, 0.5) is 0 Å². The van der Waals surface area contributed by atoms with E-state index in [4.69, 9.17) is 9.47 Å². The maximum Gasteiger partial charge on any atom is 0.0805 e. The number of ether oxygens (including phenoxy) is 2. The van der Waals surface area contributed by atoms with Crippen molar-refractivity contribution in [2.45, 2.75) is 63.8 Å². The number of hydrogen-bond donors (Lipinski definition) is 0. The Kier molecular flexibility index (Phi) is 8.55. The van der Waals surface area contributed by atoms with Crippen molar-refractivity contribution >= 4 is 11.9 Å². The minimum absolute atomic E-state index is 0.389. The first kappa shape index (κ1) is 22.3.